The number of allylic oxidation sites excluding steroid dienone is 5. The molecule has 0 radical (unpaired) electrons. The quantitative estimate of drug-likeness (QED) is 0.706. The van der Waals surface area contributed by atoms with E-state index in [2.05, 4.69) is 68.2 Å². The van der Waals surface area contributed by atoms with Crippen LogP contribution in [0, 0.1) is 5.41 Å². The predicted molar refractivity (Wildman–Crippen MR) is 117 cm³/mol. The molecule has 2 atom stereocenters. The van der Waals surface area contributed by atoms with Crippen molar-refractivity contribution in [1.29, 1.82) is 0 Å². The number of piperidine rings is 1. The molecule has 2 nitrogen and oxygen atoms in total. The van der Waals surface area contributed by atoms with Crippen molar-refractivity contribution in [1.82, 2.24) is 4.90 Å². The van der Waals surface area contributed by atoms with E-state index in [0.717, 1.165) is 38.9 Å². The molecule has 4 aliphatic rings. The molecule has 1 N–H and O–H groups in total. The molecule has 5 rings (SSSR count). The zero-order chi connectivity index (χ0) is 19.7. The topological polar surface area (TPSA) is 23.5 Å². The lowest BCUT2D eigenvalue weighted by molar-refractivity contribution is -0.100. The van der Waals surface area contributed by atoms with Crippen LogP contribution < -0.4 is 0 Å². The molecule has 1 fully saturated rings. The summed E-state index contributed by atoms with van der Waals surface area (Å²) in [7, 11) is 0. The first-order valence-corrected chi connectivity index (χ1v) is 11.0. The van der Waals surface area contributed by atoms with Crippen molar-refractivity contribution in [2.75, 3.05) is 19.6 Å². The van der Waals surface area contributed by atoms with Crippen LogP contribution >= 0.6 is 11.6 Å². The van der Waals surface area contributed by atoms with Gasteiger partial charge in [-0.05, 0) is 52.5 Å². The van der Waals surface area contributed by atoms with Gasteiger partial charge in [0.05, 0.1) is 11.0 Å². The number of nitrogens with zero attached hydrogens (tertiary/aromatic N) is 1. The van der Waals surface area contributed by atoms with Gasteiger partial charge < -0.3 is 10.0 Å². The minimum absolute atomic E-state index is 0.0184. The second kappa shape index (κ2) is 6.08. The smallest absolute Gasteiger partial charge is 0.0720 e. The number of hydrogen-bond donors (Lipinski definition) is 1. The van der Waals surface area contributed by atoms with Gasteiger partial charge in [-0.3, -0.25) is 0 Å². The largest absolute Gasteiger partial charge is 0.389 e. The Morgan fingerprint density at radius 3 is 2.61 bits per heavy atom. The summed E-state index contributed by atoms with van der Waals surface area (Å²) >= 11 is 6.51. The number of likely N-dealkylation sites (tertiary alicyclic amines) is 1. The Kier molecular flexibility index (Phi) is 4.05. The molecule has 1 aromatic rings. The molecular weight excluding hydrogens is 366 g/mol. The van der Waals surface area contributed by atoms with E-state index in [4.69, 9.17) is 11.6 Å². The highest BCUT2D eigenvalue weighted by Crippen LogP contribution is 2.61. The Morgan fingerprint density at radius 2 is 1.89 bits per heavy atom. The lowest BCUT2D eigenvalue weighted by atomic mass is 9.69. The van der Waals surface area contributed by atoms with Crippen LogP contribution in [0.1, 0.15) is 51.2 Å². The molecule has 0 aromatic heterocycles. The fraction of sp³-hybridized carbons (Fsp3) is 0.520. The van der Waals surface area contributed by atoms with E-state index < -0.39 is 5.60 Å². The third-order valence-electron chi connectivity index (χ3n) is 7.72. The molecular formula is C25H30ClNO. The molecule has 0 amide bonds. The Labute approximate surface area is 173 Å². The van der Waals surface area contributed by atoms with Crippen LogP contribution in [-0.4, -0.2) is 40.6 Å². The van der Waals surface area contributed by atoms with Crippen LogP contribution in [-0.2, 0) is 5.41 Å². The van der Waals surface area contributed by atoms with Crippen molar-refractivity contribution in [2.45, 2.75) is 56.4 Å². The Hall–Kier alpha value is -1.35. The average Bonchev–Trinajstić information content (AvgIpc) is 3.14. The zero-order valence-electron chi connectivity index (χ0n) is 17.1. The molecule has 3 heteroatoms. The first-order chi connectivity index (χ1) is 13.2. The van der Waals surface area contributed by atoms with Crippen molar-refractivity contribution in [3.63, 3.8) is 0 Å². The number of hydrogen-bond acceptors (Lipinski definition) is 2. The van der Waals surface area contributed by atoms with Crippen LogP contribution in [0.4, 0.5) is 0 Å². The van der Waals surface area contributed by atoms with E-state index >= 15 is 0 Å². The number of fused-ring (bicyclic) bond motifs is 7. The third kappa shape index (κ3) is 2.54. The van der Waals surface area contributed by atoms with Gasteiger partial charge in [0.2, 0.25) is 0 Å². The van der Waals surface area contributed by atoms with Gasteiger partial charge in [-0.15, -0.1) is 11.6 Å². The van der Waals surface area contributed by atoms with Gasteiger partial charge in [-0.2, -0.15) is 0 Å². The van der Waals surface area contributed by atoms with Crippen molar-refractivity contribution in [2.24, 2.45) is 5.41 Å². The molecule has 1 unspecified atom stereocenters. The fourth-order valence-electron chi connectivity index (χ4n) is 5.84. The highest BCUT2D eigenvalue weighted by molar-refractivity contribution is 6.23. The monoisotopic (exact) mass is 395 g/mol. The van der Waals surface area contributed by atoms with Crippen LogP contribution in [0.15, 0.2) is 53.6 Å². The molecule has 1 aromatic carbocycles. The number of benzene rings is 1. The molecule has 2 bridgehead atoms. The number of aliphatic hydroxyl groups is 1. The molecule has 1 aliphatic heterocycles. The summed E-state index contributed by atoms with van der Waals surface area (Å²) in [5.41, 5.74) is 6.61. The lowest BCUT2D eigenvalue weighted by Gasteiger charge is -2.48. The van der Waals surface area contributed by atoms with Gasteiger partial charge in [0, 0.05) is 25.0 Å². The van der Waals surface area contributed by atoms with E-state index in [0.29, 0.717) is 0 Å². The third-order valence-corrected chi connectivity index (χ3v) is 7.99. The Morgan fingerprint density at radius 1 is 1.18 bits per heavy atom. The molecule has 28 heavy (non-hydrogen) atoms. The lowest BCUT2D eigenvalue weighted by Crippen LogP contribution is -2.54. The molecule has 0 saturated carbocycles. The second-order valence-electron chi connectivity index (χ2n) is 10.1. The van der Waals surface area contributed by atoms with Gasteiger partial charge in [-0.25, -0.2) is 0 Å². The first-order valence-electron chi connectivity index (χ1n) is 10.6. The normalized spacial score (nSPS) is 31.0. The first kappa shape index (κ1) is 18.7. The minimum atomic E-state index is -0.562. The van der Waals surface area contributed by atoms with Gasteiger partial charge >= 0.3 is 0 Å². The van der Waals surface area contributed by atoms with Gasteiger partial charge in [0.15, 0.2) is 0 Å². The van der Waals surface area contributed by atoms with Gasteiger partial charge in [0.1, 0.15) is 0 Å². The summed E-state index contributed by atoms with van der Waals surface area (Å²) in [6, 6.07) is 8.93. The summed E-state index contributed by atoms with van der Waals surface area (Å²) in [5, 5.41) is 11.1. The molecule has 148 valence electrons. The number of rotatable bonds is 2. The van der Waals surface area contributed by atoms with E-state index in [1.165, 1.54) is 27.8 Å². The Bertz CT molecular complexity index is 911. The highest BCUT2D eigenvalue weighted by atomic mass is 35.5. The molecule has 0 spiro atoms. The van der Waals surface area contributed by atoms with Crippen LogP contribution in [0.3, 0.4) is 0 Å². The summed E-state index contributed by atoms with van der Waals surface area (Å²) in [6.45, 7) is 9.40. The molecule has 1 saturated heterocycles. The minimum Gasteiger partial charge on any atom is -0.389 e. The summed E-state index contributed by atoms with van der Waals surface area (Å²) in [6.07, 6.45) is 9.40. The zero-order valence-corrected chi connectivity index (χ0v) is 17.9. The second-order valence-corrected chi connectivity index (χ2v) is 10.6. The fourth-order valence-corrected chi connectivity index (χ4v) is 6.04. The molecule has 1 heterocycles. The maximum Gasteiger partial charge on any atom is 0.0720 e. The van der Waals surface area contributed by atoms with Crippen molar-refractivity contribution >= 4 is 17.2 Å². The van der Waals surface area contributed by atoms with E-state index in [1.54, 1.807) is 0 Å². The van der Waals surface area contributed by atoms with Gasteiger partial charge in [-0.1, -0.05) is 63.3 Å². The summed E-state index contributed by atoms with van der Waals surface area (Å²) in [5.74, 6) is 0. The standard InChI is InChI=1S/C25H30ClNO/c1-23(2,3)25(28)10-12-27(13-11-25)16-24-15-20(18-6-4-5-7-21(18)24)19-9-8-17(26)14-22(19)24/h4-9,14,17,28H,10-13,15-16H2,1-3H3/t17?,24-/m0/s1. The average molecular weight is 396 g/mol. The number of halogens is 1. The summed E-state index contributed by atoms with van der Waals surface area (Å²) < 4.78 is 0. The van der Waals surface area contributed by atoms with Crippen LogP contribution in [0.2, 0.25) is 0 Å². The van der Waals surface area contributed by atoms with E-state index in [1.807, 2.05) is 0 Å². The van der Waals surface area contributed by atoms with Gasteiger partial charge in [0.25, 0.3) is 0 Å². The van der Waals surface area contributed by atoms with Crippen LogP contribution in [0.5, 0.6) is 0 Å². The Balaban J connectivity index is 1.47. The SMILES string of the molecule is CC(C)(C)C1(O)CCN(C[C@]23CC(=C4C=CC(Cl)C=C42)c2ccccc23)CC1. The highest BCUT2D eigenvalue weighted by Gasteiger charge is 2.53. The van der Waals surface area contributed by atoms with Crippen molar-refractivity contribution < 1.29 is 5.11 Å². The van der Waals surface area contributed by atoms with Crippen LogP contribution in [0.25, 0.3) is 5.57 Å². The van der Waals surface area contributed by atoms with Crippen molar-refractivity contribution in [3.05, 3.63) is 64.8 Å². The van der Waals surface area contributed by atoms with E-state index in [-0.39, 0.29) is 16.2 Å². The van der Waals surface area contributed by atoms with E-state index in [9.17, 15) is 5.11 Å². The maximum absolute atomic E-state index is 11.1. The van der Waals surface area contributed by atoms with Crippen molar-refractivity contribution in [3.8, 4) is 0 Å². The maximum atomic E-state index is 11.1. The number of alkyl halides is 1. The summed E-state index contributed by atoms with van der Waals surface area (Å²) in [4.78, 5) is 2.57. The molecule has 3 aliphatic carbocycles. The predicted octanol–water partition coefficient (Wildman–Crippen LogP) is 5.07.